The second-order valence-electron chi connectivity index (χ2n) is 2.59. The fraction of sp³-hybridized carbons (Fsp3) is 1.00. The van der Waals surface area contributed by atoms with Gasteiger partial charge in [-0.05, 0) is 4.57 Å². The topological polar surface area (TPSA) is 47.6 Å². The van der Waals surface area contributed by atoms with Gasteiger partial charge in [-0.25, -0.2) is 0 Å². The molecule has 1 heterocycles. The maximum Gasteiger partial charge on any atom is 0.633 e. The lowest BCUT2D eigenvalue weighted by Crippen LogP contribution is -2.47. The highest BCUT2D eigenvalue weighted by Crippen LogP contribution is 2.28. The minimum atomic E-state index is -2.11. The Hall–Kier alpha value is 0.765. The Bertz CT molecular complexity index is 215. The molecule has 1 aliphatic heterocycles. The number of nitrogens with one attached hydrogen (secondary N) is 1. The van der Waals surface area contributed by atoms with Crippen LogP contribution in [0.1, 0.15) is 0 Å². The van der Waals surface area contributed by atoms with E-state index in [1.54, 1.807) is 7.00 Å². The molecule has 1 saturated heterocycles. The largest absolute Gasteiger partial charge is 0.633 e. The third-order valence-electron chi connectivity index (χ3n) is 1.59. The number of halogens is 1. The summed E-state index contributed by atoms with van der Waals surface area (Å²) in [6.07, 6.45) is -0.249. The average Bonchev–Trinajstić information content (AvgIpc) is 2.14. The van der Waals surface area contributed by atoms with Gasteiger partial charge < -0.3 is 10.0 Å². The molecular formula is C5H11BClNO3P2+. The van der Waals surface area contributed by atoms with Crippen LogP contribution in [0, 0.1) is 0 Å². The summed E-state index contributed by atoms with van der Waals surface area (Å²) in [5.41, 5.74) is 0. The second-order valence-corrected chi connectivity index (χ2v) is 4.48. The molecule has 13 heavy (non-hydrogen) atoms. The highest BCUT2D eigenvalue weighted by Gasteiger charge is 2.24. The summed E-state index contributed by atoms with van der Waals surface area (Å²) in [6, 6.07) is -0.104. The molecule has 0 bridgehead atoms. The van der Waals surface area contributed by atoms with Crippen LogP contribution >= 0.6 is 27.7 Å². The van der Waals surface area contributed by atoms with Crippen molar-refractivity contribution in [3.8, 4) is 0 Å². The minimum absolute atomic E-state index is 0.104. The summed E-state index contributed by atoms with van der Waals surface area (Å²) < 4.78 is 28.2. The van der Waals surface area contributed by atoms with Gasteiger partial charge in [0.1, 0.15) is 8.02 Å². The van der Waals surface area contributed by atoms with E-state index in [4.69, 9.17) is 21.9 Å². The zero-order chi connectivity index (χ0) is 10.6. The minimum Gasteiger partial charge on any atom is -0.378 e. The summed E-state index contributed by atoms with van der Waals surface area (Å²) in [7, 11) is 0.338. The number of hydrogen-bond donors (Lipinski definition) is 1. The number of rotatable bonds is 4. The van der Waals surface area contributed by atoms with Gasteiger partial charge in [0.15, 0.2) is 7.00 Å². The van der Waals surface area contributed by atoms with Crippen molar-refractivity contribution in [1.82, 2.24) is 5.31 Å². The van der Waals surface area contributed by atoms with Gasteiger partial charge in [-0.3, -0.25) is 0 Å². The summed E-state index contributed by atoms with van der Waals surface area (Å²) in [6.45, 7) is 2.93. The Morgan fingerprint density at radius 3 is 3.31 bits per heavy atom. The second kappa shape index (κ2) is 6.29. The van der Waals surface area contributed by atoms with Crippen LogP contribution in [-0.2, 0) is 13.8 Å². The molecule has 0 aromatic rings. The van der Waals surface area contributed by atoms with E-state index < -0.39 is 7.38 Å². The predicted molar refractivity (Wildman–Crippen MR) is 56.4 cm³/mol. The molecule has 4 atom stereocenters. The molecule has 0 aromatic heterocycles. The number of morpholine rings is 1. The van der Waals surface area contributed by atoms with E-state index in [0.717, 1.165) is 0 Å². The van der Waals surface area contributed by atoms with Gasteiger partial charge in [0.2, 0.25) is 11.2 Å². The summed E-state index contributed by atoms with van der Waals surface area (Å²) in [5, 5.41) is 1.39. The molecule has 0 aliphatic carbocycles. The van der Waals surface area contributed by atoms with Crippen molar-refractivity contribution in [3.63, 3.8) is 0 Å². The van der Waals surface area contributed by atoms with E-state index in [0.29, 0.717) is 13.1 Å². The average molecular weight is 243 g/mol. The highest BCUT2D eigenvalue weighted by molar-refractivity contribution is 7.69. The van der Waals surface area contributed by atoms with Crippen LogP contribution in [0.5, 0.6) is 0 Å². The van der Waals surface area contributed by atoms with Crippen molar-refractivity contribution in [2.24, 2.45) is 0 Å². The first kappa shape index (κ1) is 10.3. The molecule has 4 nitrogen and oxygen atoms in total. The molecule has 1 N–H and O–H groups in total. The van der Waals surface area contributed by atoms with E-state index >= 15 is 0 Å². The molecule has 0 aromatic carbocycles. The number of ether oxygens (including phenoxy) is 1. The molecule has 0 saturated carbocycles. The first-order valence-corrected chi connectivity index (χ1v) is 6.57. The van der Waals surface area contributed by atoms with Gasteiger partial charge in [-0.1, -0.05) is 0 Å². The van der Waals surface area contributed by atoms with Crippen molar-refractivity contribution >= 4 is 34.7 Å². The van der Waals surface area contributed by atoms with Crippen LogP contribution in [0.4, 0.5) is 0 Å². The van der Waals surface area contributed by atoms with Crippen LogP contribution in [0.3, 0.4) is 0 Å². The van der Waals surface area contributed by atoms with Gasteiger partial charge in [-0.15, -0.1) is 4.52 Å². The van der Waals surface area contributed by atoms with Crippen LogP contribution in [0.25, 0.3) is 0 Å². The Labute approximate surface area is 87.6 Å². The summed E-state index contributed by atoms with van der Waals surface area (Å²) in [4.78, 5) is 0. The standard InChI is InChI=1S/C5H11BClNO3P2/c7-13(9)10-3-4-1-8-2-5(6-12)11-4/h4-5,8H,1-3,12H2/q+1/i/hT. The first-order valence-electron chi connectivity index (χ1n) is 4.27. The molecule has 1 radical (unpaired) electrons. The van der Waals surface area contributed by atoms with Crippen molar-refractivity contribution in [2.75, 3.05) is 19.7 Å². The molecule has 8 heteroatoms. The van der Waals surface area contributed by atoms with Crippen molar-refractivity contribution in [1.29, 1.82) is 0 Å². The lowest BCUT2D eigenvalue weighted by Gasteiger charge is -2.28. The van der Waals surface area contributed by atoms with Gasteiger partial charge >= 0.3 is 7.38 Å². The van der Waals surface area contributed by atoms with E-state index in [-0.39, 0.29) is 18.7 Å². The Kier molecular flexibility index (Phi) is 4.98. The predicted octanol–water partition coefficient (Wildman–Crippen LogP) is 0.708. The lowest BCUT2D eigenvalue weighted by molar-refractivity contribution is -0.0186. The van der Waals surface area contributed by atoms with Crippen LogP contribution in [0.15, 0.2) is 0 Å². The molecule has 1 rings (SSSR count). The monoisotopic (exact) mass is 243 g/mol. The Morgan fingerprint density at radius 1 is 1.92 bits per heavy atom. The third-order valence-corrected chi connectivity index (χ3v) is 2.66. The molecular weight excluding hydrogens is 230 g/mol. The highest BCUT2D eigenvalue weighted by atomic mass is 35.7. The normalized spacial score (nSPS) is 32.5. The molecule has 4 unspecified atom stereocenters. The van der Waals surface area contributed by atoms with Crippen LogP contribution in [0.2, 0.25) is 1.41 Å². The first-order chi connectivity index (χ1) is 6.61. The summed E-state index contributed by atoms with van der Waals surface area (Å²) in [5.74, 6) is 0. The molecule has 73 valence electrons. The van der Waals surface area contributed by atoms with Crippen LogP contribution < -0.4 is 5.31 Å². The van der Waals surface area contributed by atoms with E-state index in [1.165, 1.54) is 5.31 Å². The molecule has 0 spiro atoms. The molecule has 1 fully saturated rings. The van der Waals surface area contributed by atoms with Crippen molar-refractivity contribution < 1.29 is 15.2 Å². The maximum absolute atomic E-state index is 10.5. The van der Waals surface area contributed by atoms with Gasteiger partial charge in [0.25, 0.3) is 0 Å². The SMILES string of the molecule is [3H]N1CC([B]P)OC(CO[P+](=O)Cl)C1. The van der Waals surface area contributed by atoms with E-state index in [1.807, 2.05) is 0 Å². The Balaban J connectivity index is 2.33. The smallest absolute Gasteiger partial charge is 0.378 e. The Morgan fingerprint density at radius 2 is 2.69 bits per heavy atom. The third kappa shape index (κ3) is 4.69. The zero-order valence-electron chi connectivity index (χ0n) is 7.93. The molecule has 0 amide bonds. The fourth-order valence-corrected chi connectivity index (χ4v) is 1.68. The van der Waals surface area contributed by atoms with E-state index in [2.05, 4.69) is 9.12 Å². The van der Waals surface area contributed by atoms with E-state index in [9.17, 15) is 4.57 Å². The van der Waals surface area contributed by atoms with Crippen molar-refractivity contribution in [2.45, 2.75) is 12.1 Å². The van der Waals surface area contributed by atoms with Gasteiger partial charge in [0, 0.05) is 19.1 Å². The van der Waals surface area contributed by atoms with Gasteiger partial charge in [-0.2, -0.15) is 9.12 Å². The van der Waals surface area contributed by atoms with Crippen LogP contribution in [-0.4, -0.2) is 38.8 Å². The quantitative estimate of drug-likeness (QED) is 0.583. The summed E-state index contributed by atoms with van der Waals surface area (Å²) >= 11 is 5.16. The van der Waals surface area contributed by atoms with Gasteiger partial charge in [0.05, 0.1) is 6.10 Å². The molecule has 1 aliphatic rings. The van der Waals surface area contributed by atoms with Crippen molar-refractivity contribution in [3.05, 3.63) is 0 Å². The lowest BCUT2D eigenvalue weighted by atomic mass is 9.96. The number of hydrogen-bond acceptors (Lipinski definition) is 4. The maximum atomic E-state index is 10.5. The fourth-order valence-electron chi connectivity index (χ4n) is 1.02. The zero-order valence-corrected chi connectivity index (χ0v) is 9.73.